The Labute approximate surface area is 295 Å². The maximum absolute atomic E-state index is 12.0. The number of hydrogen-bond acceptors (Lipinski definition) is 5. The first-order valence-corrected chi connectivity index (χ1v) is 19.5. The zero-order valence-corrected chi connectivity index (χ0v) is 31.0. The molecule has 5 nitrogen and oxygen atoms in total. The minimum atomic E-state index is -0.986. The van der Waals surface area contributed by atoms with Crippen LogP contribution in [0.2, 0.25) is 0 Å². The van der Waals surface area contributed by atoms with Crippen molar-refractivity contribution < 1.29 is 24.2 Å². The van der Waals surface area contributed by atoms with E-state index in [2.05, 4.69) is 86.8 Å². The van der Waals surface area contributed by atoms with E-state index >= 15 is 0 Å². The lowest BCUT2D eigenvalue weighted by Gasteiger charge is -2.12. The van der Waals surface area contributed by atoms with Crippen LogP contribution >= 0.6 is 0 Å². The van der Waals surface area contributed by atoms with Crippen LogP contribution in [0.15, 0.2) is 72.9 Å². The molecule has 5 heteroatoms. The second-order valence-electron chi connectivity index (χ2n) is 12.7. The zero-order valence-electron chi connectivity index (χ0n) is 31.0. The lowest BCUT2D eigenvalue weighted by molar-refractivity contribution is -0.152. The van der Waals surface area contributed by atoms with Gasteiger partial charge in [0.05, 0.1) is 0 Å². The Morgan fingerprint density at radius 1 is 0.438 bits per heavy atom. The molecule has 0 aliphatic carbocycles. The summed E-state index contributed by atoms with van der Waals surface area (Å²) < 4.78 is 10.3. The molecule has 0 saturated carbocycles. The quantitative estimate of drug-likeness (QED) is 0.0420. The number of aliphatic hydroxyl groups is 1. The number of rotatable bonds is 34. The van der Waals surface area contributed by atoms with Crippen molar-refractivity contribution >= 4 is 11.9 Å². The number of aliphatic hydroxyl groups excluding tert-OH is 1. The minimum absolute atomic E-state index is 0.139. The highest BCUT2D eigenvalue weighted by molar-refractivity contribution is 5.69. The smallest absolute Gasteiger partial charge is 0.305 e. The summed E-state index contributed by atoms with van der Waals surface area (Å²) in [5, 5.41) is 10.0. The van der Waals surface area contributed by atoms with E-state index in [9.17, 15) is 14.7 Å². The summed E-state index contributed by atoms with van der Waals surface area (Å²) in [5.41, 5.74) is 0. The number of unbranched alkanes of at least 4 members (excludes halogenated alkanes) is 14. The Balaban J connectivity index is 3.56. The molecular weight excluding hydrogens is 596 g/mol. The summed E-state index contributed by atoms with van der Waals surface area (Å²) in [7, 11) is 0. The topological polar surface area (TPSA) is 72.8 Å². The molecule has 0 aromatic heterocycles. The molecule has 0 radical (unpaired) electrons. The Morgan fingerprint density at radius 3 is 1.06 bits per heavy atom. The lowest BCUT2D eigenvalue weighted by Crippen LogP contribution is -2.25. The number of hydrogen-bond donors (Lipinski definition) is 1. The van der Waals surface area contributed by atoms with Crippen LogP contribution in [0, 0.1) is 0 Å². The van der Waals surface area contributed by atoms with Crippen LogP contribution in [0.1, 0.15) is 168 Å². The van der Waals surface area contributed by atoms with E-state index in [4.69, 9.17) is 9.47 Å². The Morgan fingerprint density at radius 2 is 0.729 bits per heavy atom. The molecule has 0 aromatic rings. The lowest BCUT2D eigenvalue weighted by atomic mass is 10.1. The molecule has 0 amide bonds. The third kappa shape index (κ3) is 37.8. The molecular formula is C43H72O5. The summed E-state index contributed by atoms with van der Waals surface area (Å²) in [6.45, 7) is 4.19. The van der Waals surface area contributed by atoms with Gasteiger partial charge in [-0.05, 0) is 89.9 Å². The second kappa shape index (κ2) is 38.8. The molecule has 0 unspecified atom stereocenters. The Bertz CT molecular complexity index is 823. The maximum atomic E-state index is 12.0. The van der Waals surface area contributed by atoms with Gasteiger partial charge in [-0.2, -0.15) is 0 Å². The van der Waals surface area contributed by atoms with E-state index in [1.54, 1.807) is 0 Å². The highest BCUT2D eigenvalue weighted by Gasteiger charge is 2.12. The van der Waals surface area contributed by atoms with Crippen LogP contribution in [-0.2, 0) is 19.1 Å². The number of esters is 2. The van der Waals surface area contributed by atoms with E-state index in [1.165, 1.54) is 51.4 Å². The van der Waals surface area contributed by atoms with Gasteiger partial charge < -0.3 is 14.6 Å². The number of carbonyl (C=O) groups excluding carboxylic acids is 2. The average molecular weight is 669 g/mol. The van der Waals surface area contributed by atoms with Gasteiger partial charge in [0.25, 0.3) is 0 Å². The van der Waals surface area contributed by atoms with E-state index < -0.39 is 6.10 Å². The Kier molecular flexibility index (Phi) is 36.6. The van der Waals surface area contributed by atoms with Crippen molar-refractivity contribution in [2.75, 3.05) is 13.2 Å². The molecule has 0 aliphatic heterocycles. The van der Waals surface area contributed by atoms with Gasteiger partial charge in [-0.3, -0.25) is 9.59 Å². The molecule has 274 valence electrons. The van der Waals surface area contributed by atoms with Crippen LogP contribution in [0.3, 0.4) is 0 Å². The van der Waals surface area contributed by atoms with E-state index in [-0.39, 0.29) is 25.2 Å². The molecule has 0 fully saturated rings. The van der Waals surface area contributed by atoms with Gasteiger partial charge in [0.15, 0.2) is 0 Å². The average Bonchev–Trinajstić information content (AvgIpc) is 3.09. The van der Waals surface area contributed by atoms with E-state index in [0.29, 0.717) is 12.8 Å². The van der Waals surface area contributed by atoms with Crippen LogP contribution in [-0.4, -0.2) is 36.4 Å². The van der Waals surface area contributed by atoms with Crippen LogP contribution in [0.4, 0.5) is 0 Å². The molecule has 0 spiro atoms. The SMILES string of the molecule is CCCCCC=CCC=CCC=CCCCCCCC(=O)OCC(O)COC(=O)CCCCCCC=CCC=CCC=CCCCCC. The van der Waals surface area contributed by atoms with Crippen molar-refractivity contribution in [1.29, 1.82) is 0 Å². The minimum Gasteiger partial charge on any atom is -0.463 e. The number of carbonyl (C=O) groups is 2. The normalized spacial score (nSPS) is 13.0. The molecule has 0 atom stereocenters. The maximum Gasteiger partial charge on any atom is 0.305 e. The van der Waals surface area contributed by atoms with Crippen molar-refractivity contribution in [2.24, 2.45) is 0 Å². The third-order valence-corrected chi connectivity index (χ3v) is 7.91. The first kappa shape index (κ1) is 45.3. The highest BCUT2D eigenvalue weighted by Crippen LogP contribution is 2.09. The van der Waals surface area contributed by atoms with Crippen LogP contribution in [0.25, 0.3) is 0 Å². The van der Waals surface area contributed by atoms with E-state index in [0.717, 1.165) is 89.9 Å². The molecule has 0 rings (SSSR count). The summed E-state index contributed by atoms with van der Waals surface area (Å²) in [4.78, 5) is 23.9. The van der Waals surface area contributed by atoms with Gasteiger partial charge in [-0.1, -0.05) is 138 Å². The fraction of sp³-hybridized carbons (Fsp3) is 0.674. The predicted molar refractivity (Wildman–Crippen MR) is 205 cm³/mol. The van der Waals surface area contributed by atoms with Gasteiger partial charge in [-0.15, -0.1) is 0 Å². The van der Waals surface area contributed by atoms with Gasteiger partial charge in [0, 0.05) is 12.8 Å². The summed E-state index contributed by atoms with van der Waals surface area (Å²) >= 11 is 0. The zero-order chi connectivity index (χ0) is 35.0. The highest BCUT2D eigenvalue weighted by atomic mass is 16.6. The Hall–Kier alpha value is -2.66. The van der Waals surface area contributed by atoms with Crippen molar-refractivity contribution in [2.45, 2.75) is 174 Å². The molecule has 0 heterocycles. The molecule has 0 aliphatic rings. The van der Waals surface area contributed by atoms with Crippen molar-refractivity contribution in [3.63, 3.8) is 0 Å². The summed E-state index contributed by atoms with van der Waals surface area (Å²) in [6.07, 6.45) is 50.9. The molecule has 1 N–H and O–H groups in total. The van der Waals surface area contributed by atoms with Gasteiger partial charge >= 0.3 is 11.9 Å². The van der Waals surface area contributed by atoms with Crippen LogP contribution in [0.5, 0.6) is 0 Å². The first-order valence-electron chi connectivity index (χ1n) is 19.5. The van der Waals surface area contributed by atoms with Crippen molar-refractivity contribution in [3.8, 4) is 0 Å². The van der Waals surface area contributed by atoms with Gasteiger partial charge in [0.2, 0.25) is 0 Å². The molecule has 0 bridgehead atoms. The van der Waals surface area contributed by atoms with Gasteiger partial charge in [-0.25, -0.2) is 0 Å². The van der Waals surface area contributed by atoms with Crippen LogP contribution < -0.4 is 0 Å². The fourth-order valence-electron chi connectivity index (χ4n) is 4.92. The largest absolute Gasteiger partial charge is 0.463 e. The summed E-state index contributed by atoms with van der Waals surface area (Å²) in [6, 6.07) is 0. The second-order valence-corrected chi connectivity index (χ2v) is 12.7. The predicted octanol–water partition coefficient (Wildman–Crippen LogP) is 12.2. The van der Waals surface area contributed by atoms with Crippen molar-refractivity contribution in [3.05, 3.63) is 72.9 Å². The molecule has 0 aromatic carbocycles. The monoisotopic (exact) mass is 669 g/mol. The van der Waals surface area contributed by atoms with E-state index in [1.807, 2.05) is 0 Å². The number of allylic oxidation sites excluding steroid dienone is 12. The third-order valence-electron chi connectivity index (χ3n) is 7.91. The first-order chi connectivity index (χ1) is 23.6. The van der Waals surface area contributed by atoms with Crippen molar-refractivity contribution in [1.82, 2.24) is 0 Å². The number of ether oxygens (including phenoxy) is 2. The fourth-order valence-corrected chi connectivity index (χ4v) is 4.92. The molecule has 0 saturated heterocycles. The summed E-state index contributed by atoms with van der Waals surface area (Å²) in [5.74, 6) is -0.620. The standard InChI is InChI=1S/C43H72O5/c1-3-5-7-9-11-13-15-17-19-21-23-25-27-29-31-33-35-37-42(45)47-39-41(44)40-48-43(46)38-36-34-32-30-28-26-24-22-20-18-16-14-12-10-8-6-4-2/h11-14,17-20,23-26,41,44H,3-10,15-16,21-22,27-40H2,1-2H3. The molecule has 48 heavy (non-hydrogen) atoms. The van der Waals surface area contributed by atoms with Gasteiger partial charge in [0.1, 0.15) is 19.3 Å².